The van der Waals surface area contributed by atoms with Gasteiger partial charge in [0.15, 0.2) is 0 Å². The fraction of sp³-hybridized carbons (Fsp3) is 0.348. The molecule has 0 bridgehead atoms. The molecule has 0 aliphatic carbocycles. The van der Waals surface area contributed by atoms with Crippen LogP contribution in [0.15, 0.2) is 59.5 Å². The summed E-state index contributed by atoms with van der Waals surface area (Å²) in [7, 11) is 0. The molecule has 2 aromatic carbocycles. The number of benzene rings is 2. The fourth-order valence-electron chi connectivity index (χ4n) is 4.18. The monoisotopic (exact) mass is 423 g/mol. The number of urea groups is 1. The zero-order valence-corrected chi connectivity index (χ0v) is 17.9. The van der Waals surface area contributed by atoms with E-state index >= 15 is 0 Å². The molecule has 4 amide bonds. The molecule has 30 heavy (non-hydrogen) atoms. The lowest BCUT2D eigenvalue weighted by atomic mass is 9.93. The molecule has 0 spiro atoms. The van der Waals surface area contributed by atoms with Crippen LogP contribution in [0.25, 0.3) is 0 Å². The number of imide groups is 1. The van der Waals surface area contributed by atoms with Crippen molar-refractivity contribution in [2.24, 2.45) is 0 Å². The zero-order chi connectivity index (χ0) is 21.3. The Morgan fingerprint density at radius 1 is 1.07 bits per heavy atom. The van der Waals surface area contributed by atoms with Crippen molar-refractivity contribution in [3.05, 3.63) is 60.2 Å². The predicted octanol–water partition coefficient (Wildman–Crippen LogP) is 3.98. The minimum Gasteiger partial charge on any atom is -0.323 e. The summed E-state index contributed by atoms with van der Waals surface area (Å²) in [5, 5.41) is 2.80. The first-order valence-electron chi connectivity index (χ1n) is 10.2. The van der Waals surface area contributed by atoms with E-state index in [9.17, 15) is 14.4 Å². The van der Waals surface area contributed by atoms with Crippen LogP contribution in [-0.4, -0.2) is 40.6 Å². The third-order valence-corrected chi connectivity index (χ3v) is 7.17. The van der Waals surface area contributed by atoms with Crippen LogP contribution in [0.4, 0.5) is 10.5 Å². The van der Waals surface area contributed by atoms with Gasteiger partial charge in [-0.2, -0.15) is 0 Å². The number of thioether (sulfide) groups is 1. The van der Waals surface area contributed by atoms with Gasteiger partial charge in [0.25, 0.3) is 5.91 Å². The Morgan fingerprint density at radius 3 is 2.40 bits per heavy atom. The Balaban J connectivity index is 1.67. The maximum Gasteiger partial charge on any atom is 0.325 e. The first kappa shape index (κ1) is 20.5. The van der Waals surface area contributed by atoms with Crippen molar-refractivity contribution < 1.29 is 14.4 Å². The van der Waals surface area contributed by atoms with Crippen molar-refractivity contribution in [2.75, 3.05) is 17.2 Å². The van der Waals surface area contributed by atoms with E-state index in [1.165, 1.54) is 0 Å². The third-order valence-electron chi connectivity index (χ3n) is 6.03. The second-order valence-corrected chi connectivity index (χ2v) is 8.64. The summed E-state index contributed by atoms with van der Waals surface area (Å²) in [6.45, 7) is 3.47. The molecular formula is C23H25N3O3S. The van der Waals surface area contributed by atoms with Gasteiger partial charge in [-0.25, -0.2) is 4.79 Å². The maximum atomic E-state index is 13.5. The van der Waals surface area contributed by atoms with Crippen molar-refractivity contribution in [3.8, 4) is 0 Å². The Bertz CT molecular complexity index is 975. The van der Waals surface area contributed by atoms with Crippen LogP contribution in [0, 0.1) is 0 Å². The van der Waals surface area contributed by atoms with Crippen LogP contribution in [-0.2, 0) is 9.59 Å². The molecule has 6 nitrogen and oxygen atoms in total. The van der Waals surface area contributed by atoms with E-state index in [1.807, 2.05) is 68.4 Å². The van der Waals surface area contributed by atoms with E-state index in [0.29, 0.717) is 18.6 Å². The Morgan fingerprint density at radius 2 is 1.73 bits per heavy atom. The van der Waals surface area contributed by atoms with Gasteiger partial charge in [-0.3, -0.25) is 14.5 Å². The highest BCUT2D eigenvalue weighted by molar-refractivity contribution is 7.99. The lowest BCUT2D eigenvalue weighted by Gasteiger charge is -2.37. The summed E-state index contributed by atoms with van der Waals surface area (Å²) in [6, 6.07) is 17.0. The van der Waals surface area contributed by atoms with E-state index in [1.54, 1.807) is 16.7 Å². The summed E-state index contributed by atoms with van der Waals surface area (Å²) in [5.74, 6) is 0.130. The molecule has 1 atom stereocenters. The molecule has 0 saturated carbocycles. The summed E-state index contributed by atoms with van der Waals surface area (Å²) >= 11 is 1.71. The van der Waals surface area contributed by atoms with E-state index in [-0.39, 0.29) is 24.4 Å². The normalized spacial score (nSPS) is 20.1. The fourth-order valence-corrected chi connectivity index (χ4v) is 5.35. The molecule has 2 aliphatic heterocycles. The summed E-state index contributed by atoms with van der Waals surface area (Å²) in [6.07, 6.45) is 0.989. The van der Waals surface area contributed by atoms with Crippen molar-refractivity contribution >= 4 is 35.3 Å². The van der Waals surface area contributed by atoms with Gasteiger partial charge >= 0.3 is 6.03 Å². The van der Waals surface area contributed by atoms with Crippen LogP contribution >= 0.6 is 11.8 Å². The second-order valence-electron chi connectivity index (χ2n) is 7.58. The highest BCUT2D eigenvalue weighted by Gasteiger charge is 2.49. The molecular weight excluding hydrogens is 398 g/mol. The molecule has 2 aromatic rings. The first-order valence-corrected chi connectivity index (χ1v) is 11.2. The van der Waals surface area contributed by atoms with E-state index < -0.39 is 11.6 Å². The van der Waals surface area contributed by atoms with Gasteiger partial charge < -0.3 is 10.2 Å². The molecule has 156 valence electrons. The molecule has 4 rings (SSSR count). The predicted molar refractivity (Wildman–Crippen MR) is 117 cm³/mol. The molecule has 2 heterocycles. The summed E-state index contributed by atoms with van der Waals surface area (Å²) in [4.78, 5) is 42.9. The van der Waals surface area contributed by atoms with Crippen molar-refractivity contribution in [1.82, 2.24) is 10.2 Å². The number of nitrogens with zero attached hydrogens (tertiary/aromatic N) is 2. The highest BCUT2D eigenvalue weighted by atomic mass is 32.2. The highest BCUT2D eigenvalue weighted by Crippen LogP contribution is 2.43. The summed E-state index contributed by atoms with van der Waals surface area (Å²) < 4.78 is 0. The first-order chi connectivity index (χ1) is 14.5. The zero-order valence-electron chi connectivity index (χ0n) is 17.1. The van der Waals surface area contributed by atoms with Gasteiger partial charge in [-0.1, -0.05) is 56.3 Å². The van der Waals surface area contributed by atoms with Crippen LogP contribution in [0.1, 0.15) is 38.3 Å². The number of rotatable bonds is 5. The van der Waals surface area contributed by atoms with E-state index in [4.69, 9.17) is 0 Å². The number of nitrogens with one attached hydrogen (secondary N) is 1. The minimum atomic E-state index is -0.911. The Kier molecular flexibility index (Phi) is 5.56. The van der Waals surface area contributed by atoms with Gasteiger partial charge in [0.2, 0.25) is 5.91 Å². The smallest absolute Gasteiger partial charge is 0.323 e. The molecule has 2 aliphatic rings. The Labute approximate surface area is 180 Å². The van der Waals surface area contributed by atoms with Crippen molar-refractivity contribution in [1.29, 1.82) is 0 Å². The second kappa shape index (κ2) is 8.14. The topological polar surface area (TPSA) is 69.7 Å². The quantitative estimate of drug-likeness (QED) is 0.739. The molecule has 1 fully saturated rings. The van der Waals surface area contributed by atoms with E-state index in [0.717, 1.165) is 21.0 Å². The van der Waals surface area contributed by atoms with E-state index in [2.05, 4.69) is 5.32 Å². The average molecular weight is 424 g/mol. The van der Waals surface area contributed by atoms with Gasteiger partial charge in [-0.05, 0) is 30.5 Å². The van der Waals surface area contributed by atoms with Crippen molar-refractivity contribution in [3.63, 3.8) is 0 Å². The van der Waals surface area contributed by atoms with Crippen LogP contribution in [0.5, 0.6) is 0 Å². The number of anilines is 1. The number of hydrogen-bond acceptors (Lipinski definition) is 4. The molecule has 1 saturated heterocycles. The maximum absolute atomic E-state index is 13.5. The van der Waals surface area contributed by atoms with Gasteiger partial charge in [0, 0.05) is 10.6 Å². The number of fused-ring (bicyclic) bond motifs is 1. The Hall–Kier alpha value is -2.80. The van der Waals surface area contributed by atoms with Gasteiger partial charge in [-0.15, -0.1) is 11.8 Å². The molecule has 0 unspecified atom stereocenters. The van der Waals surface area contributed by atoms with Crippen LogP contribution in [0.3, 0.4) is 0 Å². The SMILES string of the molecule is CCC1(CC)NC(=O)N(CC(=O)N2c3ccccc3SC[C@H]2c2ccccc2)C1=O. The van der Waals surface area contributed by atoms with Gasteiger partial charge in [0.05, 0.1) is 11.7 Å². The third kappa shape index (κ3) is 3.37. The van der Waals surface area contributed by atoms with Crippen LogP contribution in [0.2, 0.25) is 0 Å². The standard InChI is InChI=1S/C23H25N3O3S/c1-3-23(4-2)21(28)25(22(29)24-23)14-20(27)26-17-12-8-9-13-19(17)30-15-18(26)16-10-6-5-7-11-16/h5-13,18H,3-4,14-15H2,1-2H3,(H,24,29)/t18-/m0/s1. The average Bonchev–Trinajstić information content (AvgIpc) is 3.03. The van der Waals surface area contributed by atoms with Crippen molar-refractivity contribution in [2.45, 2.75) is 43.2 Å². The number of hydrogen-bond donors (Lipinski definition) is 1. The number of para-hydroxylation sites is 1. The lowest BCUT2D eigenvalue weighted by molar-refractivity contribution is -0.134. The number of carbonyl (C=O) groups excluding carboxylic acids is 3. The number of carbonyl (C=O) groups is 3. The molecule has 0 radical (unpaired) electrons. The number of amides is 4. The van der Waals surface area contributed by atoms with Crippen LogP contribution < -0.4 is 10.2 Å². The molecule has 7 heteroatoms. The summed E-state index contributed by atoms with van der Waals surface area (Å²) in [5.41, 5.74) is 0.935. The van der Waals surface area contributed by atoms with Gasteiger partial charge in [0.1, 0.15) is 12.1 Å². The molecule has 1 N–H and O–H groups in total. The lowest BCUT2D eigenvalue weighted by Crippen LogP contribution is -2.48. The minimum absolute atomic E-state index is 0.165. The largest absolute Gasteiger partial charge is 0.325 e. The molecule has 0 aromatic heterocycles.